The summed E-state index contributed by atoms with van der Waals surface area (Å²) in [4.78, 5) is 26.1. The lowest BCUT2D eigenvalue weighted by atomic mass is 10.0. The Kier molecular flexibility index (Phi) is 6.92. The van der Waals surface area contributed by atoms with Crippen LogP contribution in [0.4, 0.5) is 21.2 Å². The fourth-order valence-corrected chi connectivity index (χ4v) is 5.55. The van der Waals surface area contributed by atoms with E-state index in [9.17, 15) is 14.7 Å². The number of phenols is 1. The number of rotatable bonds is 5. The van der Waals surface area contributed by atoms with Gasteiger partial charge in [0, 0.05) is 11.1 Å². The molecule has 0 fully saturated rings. The first-order chi connectivity index (χ1) is 20.7. The van der Waals surface area contributed by atoms with Gasteiger partial charge in [-0.2, -0.15) is 20.2 Å². The Balaban J connectivity index is 1.59. The Morgan fingerprint density at radius 2 is 1.21 bits per heavy atom. The third-order valence-electron chi connectivity index (χ3n) is 6.88. The van der Waals surface area contributed by atoms with Gasteiger partial charge in [0.25, 0.3) is 0 Å². The van der Waals surface area contributed by atoms with Crippen molar-refractivity contribution in [3.63, 3.8) is 0 Å². The minimum atomic E-state index is -1.12. The second-order valence-corrected chi connectivity index (χ2v) is 10.1. The van der Waals surface area contributed by atoms with Gasteiger partial charge in [-0.05, 0) is 23.3 Å². The van der Waals surface area contributed by atoms with E-state index in [1.54, 1.807) is 36.4 Å². The molecule has 7 N–H and O–H groups in total. The summed E-state index contributed by atoms with van der Waals surface area (Å²) in [5.74, 6) is -0.301. The molecule has 12 nitrogen and oxygen atoms in total. The zero-order chi connectivity index (χ0) is 30.4. The van der Waals surface area contributed by atoms with Crippen molar-refractivity contribution in [2.75, 3.05) is 17.1 Å². The van der Waals surface area contributed by atoms with Gasteiger partial charge in [0.05, 0.1) is 27.9 Å². The molecule has 0 aliphatic heterocycles. The quantitative estimate of drug-likeness (QED) is 0.144. The molecule has 2 aromatic heterocycles. The third kappa shape index (κ3) is 4.49. The largest absolute Gasteiger partial charge is 0.504 e. The standard InChI is InChI=1S/C29H22Cl2N8O4/c1-43-25-21(31)17(15-10-6-3-7-11-15)13-19-23(25)35-37-27(19)39(29(33)42)38(28(32)41)26-18-12-16(14-8-4-2-5-9-14)20(30)24(40)22(18)34-36-26/h2-13,40H,1H3,(H2,32,41)(H2,33,42)(H,34,36)(H,35,37). The molecule has 216 valence electrons. The van der Waals surface area contributed by atoms with E-state index in [1.165, 1.54) is 7.11 Å². The molecule has 4 amide bonds. The number of amides is 4. The van der Waals surface area contributed by atoms with E-state index in [0.717, 1.165) is 15.6 Å². The minimum Gasteiger partial charge on any atom is -0.504 e. The zero-order valence-electron chi connectivity index (χ0n) is 22.3. The molecular weight excluding hydrogens is 595 g/mol. The van der Waals surface area contributed by atoms with Gasteiger partial charge in [0.1, 0.15) is 11.0 Å². The molecule has 4 aromatic carbocycles. The fraction of sp³-hybridized carbons (Fsp3) is 0.0345. The summed E-state index contributed by atoms with van der Waals surface area (Å²) < 4.78 is 5.59. The smallest absolute Gasteiger partial charge is 0.340 e. The number of nitrogens with two attached hydrogens (primary N) is 2. The van der Waals surface area contributed by atoms with Crippen molar-refractivity contribution >= 4 is 68.7 Å². The van der Waals surface area contributed by atoms with E-state index in [-0.39, 0.29) is 39.1 Å². The van der Waals surface area contributed by atoms with Crippen molar-refractivity contribution in [3.8, 4) is 33.8 Å². The molecular formula is C29H22Cl2N8O4. The number of halogens is 2. The average molecular weight is 617 g/mol. The summed E-state index contributed by atoms with van der Waals surface area (Å²) in [6.45, 7) is 0. The Morgan fingerprint density at radius 1 is 0.767 bits per heavy atom. The fourth-order valence-electron chi connectivity index (χ4n) is 4.96. The van der Waals surface area contributed by atoms with E-state index in [0.29, 0.717) is 32.6 Å². The minimum absolute atomic E-state index is 0.0574. The van der Waals surface area contributed by atoms with Crippen molar-refractivity contribution in [1.82, 2.24) is 20.4 Å². The summed E-state index contributed by atoms with van der Waals surface area (Å²) in [5, 5.41) is 27.4. The molecule has 0 aliphatic carbocycles. The lowest BCUT2D eigenvalue weighted by Gasteiger charge is -2.29. The number of hydrogen-bond donors (Lipinski definition) is 5. The van der Waals surface area contributed by atoms with Crippen LogP contribution in [0.3, 0.4) is 0 Å². The van der Waals surface area contributed by atoms with Gasteiger partial charge in [-0.1, -0.05) is 83.9 Å². The number of nitrogens with zero attached hydrogens (tertiary/aromatic N) is 4. The van der Waals surface area contributed by atoms with Crippen LogP contribution in [0.25, 0.3) is 44.1 Å². The summed E-state index contributed by atoms with van der Waals surface area (Å²) in [6, 6.07) is 19.4. The number of aromatic hydroxyl groups is 1. The Hall–Kier alpha value is -5.46. The molecule has 0 unspecified atom stereocenters. The molecule has 0 radical (unpaired) electrons. The van der Waals surface area contributed by atoms with Gasteiger partial charge < -0.3 is 21.3 Å². The Bertz CT molecular complexity index is 2030. The van der Waals surface area contributed by atoms with Gasteiger partial charge in [0.2, 0.25) is 0 Å². The molecule has 43 heavy (non-hydrogen) atoms. The normalized spacial score (nSPS) is 11.1. The number of hydrogen-bond acceptors (Lipinski definition) is 6. The first kappa shape index (κ1) is 27.7. The van der Waals surface area contributed by atoms with Crippen LogP contribution < -0.4 is 26.2 Å². The number of anilines is 2. The topological polar surface area (TPSA) is 179 Å². The van der Waals surface area contributed by atoms with Crippen LogP contribution in [-0.2, 0) is 0 Å². The number of primary amides is 2. The number of H-pyrrole nitrogens is 2. The van der Waals surface area contributed by atoms with Gasteiger partial charge in [0.15, 0.2) is 23.1 Å². The van der Waals surface area contributed by atoms with E-state index in [1.807, 2.05) is 36.4 Å². The zero-order valence-corrected chi connectivity index (χ0v) is 23.8. The van der Waals surface area contributed by atoms with Crippen LogP contribution in [-0.4, -0.2) is 44.7 Å². The lowest BCUT2D eigenvalue weighted by molar-refractivity contribution is 0.245. The third-order valence-corrected chi connectivity index (χ3v) is 7.64. The molecule has 0 aliphatic rings. The van der Waals surface area contributed by atoms with Crippen LogP contribution in [0, 0.1) is 0 Å². The number of methoxy groups -OCH3 is 1. The number of urea groups is 2. The number of carbonyl (C=O) groups is 2. The summed E-state index contributed by atoms with van der Waals surface area (Å²) in [6.07, 6.45) is 0. The van der Waals surface area contributed by atoms with Crippen molar-refractivity contribution in [3.05, 3.63) is 82.8 Å². The summed E-state index contributed by atoms with van der Waals surface area (Å²) in [5.41, 5.74) is 14.6. The molecule has 6 rings (SSSR count). The predicted octanol–water partition coefficient (Wildman–Crippen LogP) is 6.18. The number of aromatic nitrogens is 4. The number of phenolic OH excluding ortho intramolecular Hbond substituents is 1. The molecule has 6 aromatic rings. The number of carbonyl (C=O) groups excluding carboxylic acids is 2. The number of hydrazine groups is 1. The highest BCUT2D eigenvalue weighted by Gasteiger charge is 2.34. The molecule has 0 bridgehead atoms. The van der Waals surface area contributed by atoms with Crippen molar-refractivity contribution in [1.29, 1.82) is 0 Å². The highest BCUT2D eigenvalue weighted by atomic mass is 35.5. The van der Waals surface area contributed by atoms with Crippen molar-refractivity contribution in [2.24, 2.45) is 11.5 Å². The monoisotopic (exact) mass is 616 g/mol. The van der Waals surface area contributed by atoms with E-state index in [2.05, 4.69) is 20.4 Å². The molecule has 14 heteroatoms. The van der Waals surface area contributed by atoms with Crippen LogP contribution in [0.15, 0.2) is 72.8 Å². The SMILES string of the molecule is COc1c(Cl)c(-c2ccccc2)cc2c(N(C(N)=O)N(C(N)=O)c3n[nH]c4c(O)c(Cl)c(-c5ccccc5)cc34)n[nH]c12. The van der Waals surface area contributed by atoms with Gasteiger partial charge >= 0.3 is 12.1 Å². The Labute approximate surface area is 253 Å². The number of ether oxygens (including phenoxy) is 1. The van der Waals surface area contributed by atoms with Crippen molar-refractivity contribution < 1.29 is 19.4 Å². The van der Waals surface area contributed by atoms with Gasteiger partial charge in [-0.15, -0.1) is 0 Å². The first-order valence-electron chi connectivity index (χ1n) is 12.7. The molecule has 2 heterocycles. The Morgan fingerprint density at radius 3 is 1.67 bits per heavy atom. The van der Waals surface area contributed by atoms with E-state index >= 15 is 0 Å². The van der Waals surface area contributed by atoms with Crippen LogP contribution in [0.5, 0.6) is 11.5 Å². The van der Waals surface area contributed by atoms with E-state index < -0.39 is 12.1 Å². The highest BCUT2D eigenvalue weighted by molar-refractivity contribution is 6.37. The maximum atomic E-state index is 13.1. The second-order valence-electron chi connectivity index (χ2n) is 9.33. The van der Waals surface area contributed by atoms with Crippen LogP contribution >= 0.6 is 23.2 Å². The van der Waals surface area contributed by atoms with E-state index in [4.69, 9.17) is 39.4 Å². The van der Waals surface area contributed by atoms with Crippen LogP contribution in [0.1, 0.15) is 0 Å². The summed E-state index contributed by atoms with van der Waals surface area (Å²) >= 11 is 13.2. The second kappa shape index (κ2) is 10.7. The molecule has 0 saturated carbocycles. The number of fused-ring (bicyclic) bond motifs is 2. The highest BCUT2D eigenvalue weighted by Crippen LogP contribution is 2.45. The number of nitrogens with one attached hydrogen (secondary N) is 2. The van der Waals surface area contributed by atoms with Gasteiger partial charge in [-0.3, -0.25) is 10.2 Å². The van der Waals surface area contributed by atoms with Crippen molar-refractivity contribution in [2.45, 2.75) is 0 Å². The van der Waals surface area contributed by atoms with Gasteiger partial charge in [-0.25, -0.2) is 9.59 Å². The van der Waals surface area contributed by atoms with Crippen LogP contribution in [0.2, 0.25) is 10.0 Å². The lowest BCUT2D eigenvalue weighted by Crippen LogP contribution is -2.55. The predicted molar refractivity (Wildman–Crippen MR) is 165 cm³/mol. The number of aromatic amines is 2. The average Bonchev–Trinajstić information content (AvgIpc) is 3.62. The maximum absolute atomic E-state index is 13.1. The number of benzene rings is 4. The summed E-state index contributed by atoms with van der Waals surface area (Å²) in [7, 11) is 1.44. The maximum Gasteiger partial charge on any atom is 0.340 e. The first-order valence-corrected chi connectivity index (χ1v) is 13.4. The molecule has 0 saturated heterocycles. The molecule has 0 atom stereocenters. The molecule has 0 spiro atoms.